The van der Waals surface area contributed by atoms with Gasteiger partial charge in [0, 0.05) is 16.9 Å². The SMILES string of the molecule is O=c1[nH]c(CSc2nnc(C3CC3)n2Cc2ccccc2)nc2scc(-c3ccccc3)c12. The summed E-state index contributed by atoms with van der Waals surface area (Å²) in [7, 11) is 0. The molecule has 1 saturated carbocycles. The molecule has 0 spiro atoms. The third kappa shape index (κ3) is 4.12. The first-order valence-corrected chi connectivity index (χ1v) is 12.8. The fourth-order valence-electron chi connectivity index (χ4n) is 3.99. The maximum absolute atomic E-state index is 12.9. The number of nitrogens with zero attached hydrogens (tertiary/aromatic N) is 4. The lowest BCUT2D eigenvalue weighted by molar-refractivity contribution is 0.667. The number of thiophene rings is 1. The van der Waals surface area contributed by atoms with Gasteiger partial charge in [-0.3, -0.25) is 4.79 Å². The highest BCUT2D eigenvalue weighted by molar-refractivity contribution is 7.98. The van der Waals surface area contributed by atoms with Gasteiger partial charge >= 0.3 is 0 Å². The zero-order chi connectivity index (χ0) is 22.2. The Labute approximate surface area is 198 Å². The molecule has 5 aromatic rings. The van der Waals surface area contributed by atoms with E-state index in [2.05, 4.69) is 44.0 Å². The quantitative estimate of drug-likeness (QED) is 0.319. The minimum Gasteiger partial charge on any atom is -0.309 e. The smallest absolute Gasteiger partial charge is 0.260 e. The van der Waals surface area contributed by atoms with Crippen LogP contribution in [0, 0.1) is 0 Å². The van der Waals surface area contributed by atoms with E-state index in [4.69, 9.17) is 4.98 Å². The monoisotopic (exact) mass is 471 g/mol. The van der Waals surface area contributed by atoms with Gasteiger partial charge in [-0.05, 0) is 24.0 Å². The normalized spacial score (nSPS) is 13.6. The Hall–Kier alpha value is -3.23. The summed E-state index contributed by atoms with van der Waals surface area (Å²) in [5, 5.41) is 12.5. The van der Waals surface area contributed by atoms with E-state index in [1.54, 1.807) is 11.8 Å². The summed E-state index contributed by atoms with van der Waals surface area (Å²) >= 11 is 3.07. The number of H-pyrrole nitrogens is 1. The lowest BCUT2D eigenvalue weighted by atomic mass is 10.1. The van der Waals surface area contributed by atoms with Crippen molar-refractivity contribution >= 4 is 33.3 Å². The highest BCUT2D eigenvalue weighted by atomic mass is 32.2. The fraction of sp³-hybridized carbons (Fsp3) is 0.200. The number of thioether (sulfide) groups is 1. The first-order chi connectivity index (χ1) is 16.3. The van der Waals surface area contributed by atoms with Gasteiger partial charge in [-0.2, -0.15) is 0 Å². The molecule has 2 aromatic carbocycles. The van der Waals surface area contributed by atoms with Crippen molar-refractivity contribution in [1.29, 1.82) is 0 Å². The van der Waals surface area contributed by atoms with Crippen molar-refractivity contribution in [3.8, 4) is 11.1 Å². The second kappa shape index (κ2) is 8.61. The summed E-state index contributed by atoms with van der Waals surface area (Å²) in [6, 6.07) is 20.3. The molecule has 3 aromatic heterocycles. The molecule has 0 unspecified atom stereocenters. The number of fused-ring (bicyclic) bond motifs is 1. The van der Waals surface area contributed by atoms with Crippen molar-refractivity contribution in [2.24, 2.45) is 0 Å². The molecular weight excluding hydrogens is 450 g/mol. The van der Waals surface area contributed by atoms with Crippen LogP contribution < -0.4 is 5.56 Å². The second-order valence-electron chi connectivity index (χ2n) is 8.18. The van der Waals surface area contributed by atoms with Crippen molar-refractivity contribution < 1.29 is 0 Å². The molecule has 0 amide bonds. The van der Waals surface area contributed by atoms with Gasteiger partial charge in [0.2, 0.25) is 0 Å². The minimum atomic E-state index is -0.0971. The summed E-state index contributed by atoms with van der Waals surface area (Å²) in [6.07, 6.45) is 2.34. The minimum absolute atomic E-state index is 0.0971. The van der Waals surface area contributed by atoms with Gasteiger partial charge in [0.25, 0.3) is 5.56 Å². The van der Waals surface area contributed by atoms with E-state index < -0.39 is 0 Å². The van der Waals surface area contributed by atoms with E-state index in [1.807, 2.05) is 41.8 Å². The van der Waals surface area contributed by atoms with Gasteiger partial charge in [-0.25, -0.2) is 4.98 Å². The molecular formula is C25H21N5OS2. The van der Waals surface area contributed by atoms with Gasteiger partial charge in [0.05, 0.1) is 17.7 Å². The van der Waals surface area contributed by atoms with Crippen LogP contribution >= 0.6 is 23.1 Å². The molecule has 1 fully saturated rings. The second-order valence-corrected chi connectivity index (χ2v) is 9.98. The van der Waals surface area contributed by atoms with E-state index in [0.717, 1.165) is 33.5 Å². The highest BCUT2D eigenvalue weighted by Gasteiger charge is 2.30. The fourth-order valence-corrected chi connectivity index (χ4v) is 5.77. The molecule has 1 aliphatic rings. The third-order valence-electron chi connectivity index (χ3n) is 5.79. The van der Waals surface area contributed by atoms with Crippen LogP contribution in [0.3, 0.4) is 0 Å². The lowest BCUT2D eigenvalue weighted by Gasteiger charge is -2.10. The zero-order valence-electron chi connectivity index (χ0n) is 17.8. The number of aromatic amines is 1. The number of hydrogen-bond donors (Lipinski definition) is 1. The van der Waals surface area contributed by atoms with Crippen LogP contribution in [0.25, 0.3) is 21.3 Å². The largest absolute Gasteiger partial charge is 0.309 e. The summed E-state index contributed by atoms with van der Waals surface area (Å²) in [5.41, 5.74) is 3.08. The number of aromatic nitrogens is 5. The predicted octanol–water partition coefficient (Wildman–Crippen LogP) is 5.46. The van der Waals surface area contributed by atoms with Crippen LogP contribution in [0.5, 0.6) is 0 Å². The molecule has 0 radical (unpaired) electrons. The maximum Gasteiger partial charge on any atom is 0.260 e. The van der Waals surface area contributed by atoms with Gasteiger partial charge in [-0.15, -0.1) is 21.5 Å². The molecule has 8 heteroatoms. The molecule has 0 saturated heterocycles. The maximum atomic E-state index is 12.9. The van der Waals surface area contributed by atoms with Crippen LogP contribution in [-0.4, -0.2) is 24.7 Å². The number of nitrogens with one attached hydrogen (secondary N) is 1. The first kappa shape index (κ1) is 20.4. The number of rotatable bonds is 7. The molecule has 0 atom stereocenters. The Bertz CT molecular complexity index is 1470. The lowest BCUT2D eigenvalue weighted by Crippen LogP contribution is -2.11. The van der Waals surface area contributed by atoms with Crippen molar-refractivity contribution in [2.75, 3.05) is 0 Å². The average molecular weight is 472 g/mol. The molecule has 164 valence electrons. The third-order valence-corrected chi connectivity index (χ3v) is 7.64. The van der Waals surface area contributed by atoms with Crippen molar-refractivity contribution in [2.45, 2.75) is 36.2 Å². The van der Waals surface area contributed by atoms with Crippen molar-refractivity contribution in [1.82, 2.24) is 24.7 Å². The van der Waals surface area contributed by atoms with Gasteiger partial charge in [0.15, 0.2) is 5.16 Å². The Morgan fingerprint density at radius 3 is 2.55 bits per heavy atom. The Morgan fingerprint density at radius 2 is 1.79 bits per heavy atom. The summed E-state index contributed by atoms with van der Waals surface area (Å²) < 4.78 is 2.22. The Morgan fingerprint density at radius 1 is 1.03 bits per heavy atom. The summed E-state index contributed by atoms with van der Waals surface area (Å²) in [4.78, 5) is 21.4. The molecule has 33 heavy (non-hydrogen) atoms. The van der Waals surface area contributed by atoms with Gasteiger partial charge in [0.1, 0.15) is 16.5 Å². The predicted molar refractivity (Wildman–Crippen MR) is 133 cm³/mol. The van der Waals surface area contributed by atoms with Crippen LogP contribution in [-0.2, 0) is 12.3 Å². The van der Waals surface area contributed by atoms with E-state index in [1.165, 1.54) is 29.7 Å². The number of hydrogen-bond acceptors (Lipinski definition) is 6. The topological polar surface area (TPSA) is 76.5 Å². The molecule has 0 aliphatic heterocycles. The van der Waals surface area contributed by atoms with Crippen molar-refractivity contribution in [3.63, 3.8) is 0 Å². The zero-order valence-corrected chi connectivity index (χ0v) is 19.4. The van der Waals surface area contributed by atoms with Crippen LogP contribution in [0.1, 0.15) is 36.0 Å². The molecule has 1 N–H and O–H groups in total. The molecule has 6 rings (SSSR count). The Kier molecular flexibility index (Phi) is 5.32. The van der Waals surface area contributed by atoms with E-state index in [0.29, 0.717) is 22.9 Å². The van der Waals surface area contributed by atoms with Crippen LogP contribution in [0.2, 0.25) is 0 Å². The van der Waals surface area contributed by atoms with Gasteiger partial charge < -0.3 is 9.55 Å². The molecule has 1 aliphatic carbocycles. The van der Waals surface area contributed by atoms with E-state index in [-0.39, 0.29) is 5.56 Å². The first-order valence-electron chi connectivity index (χ1n) is 10.9. The number of benzene rings is 2. The van der Waals surface area contributed by atoms with E-state index >= 15 is 0 Å². The van der Waals surface area contributed by atoms with E-state index in [9.17, 15) is 4.79 Å². The Balaban J connectivity index is 1.27. The van der Waals surface area contributed by atoms with Crippen LogP contribution in [0.15, 0.2) is 76.0 Å². The summed E-state index contributed by atoms with van der Waals surface area (Å²) in [5.74, 6) is 2.75. The average Bonchev–Trinajstić information content (AvgIpc) is 3.47. The molecule has 6 nitrogen and oxygen atoms in total. The standard InChI is InChI=1S/C25H21N5OS2/c31-23-21-19(17-9-5-2-6-10-17)14-32-24(21)27-20(26-23)15-33-25-29-28-22(18-11-12-18)30(25)13-16-7-3-1-4-8-16/h1-10,14,18H,11-13,15H2,(H,26,27,31). The molecule has 3 heterocycles. The molecule has 0 bridgehead atoms. The highest BCUT2D eigenvalue weighted by Crippen LogP contribution is 2.40. The van der Waals surface area contributed by atoms with Crippen LogP contribution in [0.4, 0.5) is 0 Å². The van der Waals surface area contributed by atoms with Crippen molar-refractivity contribution in [3.05, 3.63) is 93.6 Å². The van der Waals surface area contributed by atoms with Gasteiger partial charge in [-0.1, -0.05) is 72.4 Å². The summed E-state index contributed by atoms with van der Waals surface area (Å²) in [6.45, 7) is 0.746.